The number of nitrogens with one attached hydrogen (secondary N) is 1. The van der Waals surface area contributed by atoms with Crippen LogP contribution >= 0.6 is 0 Å². The van der Waals surface area contributed by atoms with Crippen LogP contribution in [0.3, 0.4) is 0 Å². The second-order valence-corrected chi connectivity index (χ2v) is 12.7. The van der Waals surface area contributed by atoms with Crippen LogP contribution in [0.5, 0.6) is 0 Å². The van der Waals surface area contributed by atoms with Crippen LogP contribution in [0.15, 0.2) is 161 Å². The zero-order valence-electron chi connectivity index (χ0n) is 26.0. The van der Waals surface area contributed by atoms with Crippen molar-refractivity contribution in [1.82, 2.24) is 0 Å². The summed E-state index contributed by atoms with van der Waals surface area (Å²) < 4.78 is 6.60. The fraction of sp³-hybridized carbons (Fsp3) is 0.0909. The molecule has 6 aromatic carbocycles. The molecule has 0 radical (unpaired) electrons. The van der Waals surface area contributed by atoms with Gasteiger partial charge in [0.15, 0.2) is 5.58 Å². The number of allylic oxidation sites excluding steroid dienone is 5. The van der Waals surface area contributed by atoms with Crippen molar-refractivity contribution in [1.29, 1.82) is 0 Å². The summed E-state index contributed by atoms with van der Waals surface area (Å²) in [5.74, 6) is 0. The van der Waals surface area contributed by atoms with Crippen LogP contribution in [-0.2, 0) is 5.41 Å². The third kappa shape index (κ3) is 3.90. The van der Waals surface area contributed by atoms with E-state index >= 15 is 0 Å². The lowest BCUT2D eigenvalue weighted by Gasteiger charge is -2.37. The van der Waals surface area contributed by atoms with Gasteiger partial charge in [0, 0.05) is 16.5 Å². The molecule has 220 valence electrons. The molecule has 7 aromatic rings. The molecule has 1 N–H and O–H groups in total. The van der Waals surface area contributed by atoms with Crippen LogP contribution in [-0.4, -0.2) is 0 Å². The van der Waals surface area contributed by atoms with E-state index in [1.807, 2.05) is 0 Å². The third-order valence-electron chi connectivity index (χ3n) is 9.95. The Balaban J connectivity index is 1.22. The van der Waals surface area contributed by atoms with E-state index in [0.717, 1.165) is 39.7 Å². The molecule has 0 atom stereocenters. The fourth-order valence-electron chi connectivity index (χ4n) is 7.95. The van der Waals surface area contributed by atoms with Gasteiger partial charge >= 0.3 is 0 Å². The van der Waals surface area contributed by atoms with Crippen molar-refractivity contribution in [2.45, 2.75) is 25.7 Å². The Kier molecular flexibility index (Phi) is 5.95. The van der Waals surface area contributed by atoms with Gasteiger partial charge in [-0.3, -0.25) is 0 Å². The van der Waals surface area contributed by atoms with Gasteiger partial charge in [0.2, 0.25) is 0 Å². The van der Waals surface area contributed by atoms with Crippen LogP contribution in [0.25, 0.3) is 43.8 Å². The Labute approximate surface area is 269 Å². The first kappa shape index (κ1) is 26.8. The molecule has 46 heavy (non-hydrogen) atoms. The normalized spacial score (nSPS) is 15.0. The molecular weight excluding hydrogens is 558 g/mol. The van der Waals surface area contributed by atoms with E-state index in [4.69, 9.17) is 4.42 Å². The Morgan fingerprint density at radius 2 is 1.39 bits per heavy atom. The number of aryl methyl sites for hydroxylation is 2. The molecule has 2 aliphatic carbocycles. The van der Waals surface area contributed by atoms with Crippen molar-refractivity contribution in [2.24, 2.45) is 0 Å². The van der Waals surface area contributed by atoms with Gasteiger partial charge in [0.05, 0.1) is 11.1 Å². The van der Waals surface area contributed by atoms with Gasteiger partial charge < -0.3 is 9.73 Å². The zero-order valence-corrected chi connectivity index (χ0v) is 26.0. The molecule has 0 fully saturated rings. The van der Waals surface area contributed by atoms with Crippen molar-refractivity contribution in [3.63, 3.8) is 0 Å². The van der Waals surface area contributed by atoms with E-state index in [9.17, 15) is 0 Å². The molecule has 2 aliphatic rings. The molecule has 2 nitrogen and oxygen atoms in total. The highest BCUT2D eigenvalue weighted by Gasteiger charge is 2.47. The largest absolute Gasteiger partial charge is 0.454 e. The Hall–Kier alpha value is -5.60. The number of fused-ring (bicyclic) bond motifs is 7. The first-order valence-corrected chi connectivity index (χ1v) is 16.1. The van der Waals surface area contributed by atoms with Gasteiger partial charge in [0.25, 0.3) is 0 Å². The third-order valence-corrected chi connectivity index (χ3v) is 9.95. The smallest absolute Gasteiger partial charge is 0.158 e. The predicted octanol–water partition coefficient (Wildman–Crippen LogP) is 11.6. The van der Waals surface area contributed by atoms with Crippen molar-refractivity contribution >= 4 is 38.4 Å². The molecule has 0 bridgehead atoms. The molecular formula is C44H33NO. The quantitative estimate of drug-likeness (QED) is 0.220. The second-order valence-electron chi connectivity index (χ2n) is 12.7. The molecule has 0 aliphatic heterocycles. The van der Waals surface area contributed by atoms with Gasteiger partial charge in [-0.1, -0.05) is 121 Å². The van der Waals surface area contributed by atoms with Gasteiger partial charge in [-0.15, -0.1) is 0 Å². The monoisotopic (exact) mass is 591 g/mol. The minimum atomic E-state index is -0.419. The number of para-hydroxylation sites is 1. The lowest BCUT2D eigenvalue weighted by atomic mass is 9.65. The van der Waals surface area contributed by atoms with E-state index in [1.54, 1.807) is 0 Å². The van der Waals surface area contributed by atoms with E-state index in [-0.39, 0.29) is 0 Å². The summed E-state index contributed by atoms with van der Waals surface area (Å²) in [6.45, 7) is 4.38. The van der Waals surface area contributed by atoms with Crippen LogP contribution in [0, 0.1) is 13.8 Å². The number of anilines is 1. The van der Waals surface area contributed by atoms with E-state index in [0.29, 0.717) is 0 Å². The van der Waals surface area contributed by atoms with Crippen molar-refractivity contribution < 1.29 is 4.42 Å². The number of hydrogen-bond acceptors (Lipinski definition) is 2. The molecule has 2 heteroatoms. The highest BCUT2D eigenvalue weighted by Crippen LogP contribution is 2.58. The van der Waals surface area contributed by atoms with Gasteiger partial charge in [0.1, 0.15) is 5.58 Å². The second kappa shape index (κ2) is 10.2. The van der Waals surface area contributed by atoms with Gasteiger partial charge in [-0.2, -0.15) is 0 Å². The first-order chi connectivity index (χ1) is 22.6. The molecule has 0 spiro atoms. The number of furan rings is 1. The van der Waals surface area contributed by atoms with Crippen LogP contribution in [0.1, 0.15) is 34.2 Å². The van der Waals surface area contributed by atoms with E-state index in [2.05, 4.69) is 165 Å². The number of benzene rings is 6. The molecule has 1 aromatic heterocycles. The SMILES string of the molecule is Cc1ccc2cc3c(cc2c1)oc1c(NC2=CC=CCC(C4(c5ccccc5C)c5ccccc5-c5ccccc54)=C2)cccc13. The van der Waals surface area contributed by atoms with Crippen molar-refractivity contribution in [3.8, 4) is 11.1 Å². The molecule has 0 unspecified atom stereocenters. The highest BCUT2D eigenvalue weighted by atomic mass is 16.3. The molecule has 0 saturated carbocycles. The Bertz CT molecular complexity index is 2410. The summed E-state index contributed by atoms with van der Waals surface area (Å²) in [4.78, 5) is 0. The molecule has 1 heterocycles. The van der Waals surface area contributed by atoms with Gasteiger partial charge in [-0.05, 0) is 100 Å². The standard InChI is InChI=1S/C44H33NO/c1-28-22-23-30-25-37-36-17-11-21-41(43(36)46-42(37)26-31(30)24-28)45-33-14-5-4-13-32(27-33)44(38-18-8-3-12-29(38)2)39-19-9-6-15-34(39)35-16-7-10-20-40(35)44/h3-12,14-27,45H,13H2,1-2H3. The number of hydrogen-bond donors (Lipinski definition) is 1. The lowest BCUT2D eigenvalue weighted by Crippen LogP contribution is -2.30. The average molecular weight is 592 g/mol. The van der Waals surface area contributed by atoms with Crippen molar-refractivity contribution in [2.75, 3.05) is 5.32 Å². The first-order valence-electron chi connectivity index (χ1n) is 16.1. The summed E-state index contributed by atoms with van der Waals surface area (Å²) >= 11 is 0. The lowest BCUT2D eigenvalue weighted by molar-refractivity contribution is 0.670. The number of rotatable bonds is 4. The Morgan fingerprint density at radius 3 is 2.17 bits per heavy atom. The topological polar surface area (TPSA) is 25.2 Å². The maximum atomic E-state index is 6.60. The fourth-order valence-corrected chi connectivity index (χ4v) is 7.95. The molecule has 0 saturated heterocycles. The van der Waals surface area contributed by atoms with Crippen LogP contribution in [0.2, 0.25) is 0 Å². The summed E-state index contributed by atoms with van der Waals surface area (Å²) in [6.07, 6.45) is 9.87. The van der Waals surface area contributed by atoms with E-state index < -0.39 is 5.41 Å². The highest BCUT2D eigenvalue weighted by molar-refractivity contribution is 6.13. The van der Waals surface area contributed by atoms with Crippen LogP contribution < -0.4 is 5.32 Å². The minimum absolute atomic E-state index is 0.419. The van der Waals surface area contributed by atoms with E-state index in [1.165, 1.54) is 55.3 Å². The molecule has 9 rings (SSSR count). The summed E-state index contributed by atoms with van der Waals surface area (Å²) in [5.41, 5.74) is 13.9. The summed E-state index contributed by atoms with van der Waals surface area (Å²) in [6, 6.07) is 44.2. The molecule has 0 amide bonds. The summed E-state index contributed by atoms with van der Waals surface area (Å²) in [7, 11) is 0. The average Bonchev–Trinajstić information content (AvgIpc) is 3.48. The maximum absolute atomic E-state index is 6.60. The minimum Gasteiger partial charge on any atom is -0.454 e. The maximum Gasteiger partial charge on any atom is 0.158 e. The van der Waals surface area contributed by atoms with Gasteiger partial charge in [-0.25, -0.2) is 0 Å². The predicted molar refractivity (Wildman–Crippen MR) is 192 cm³/mol. The summed E-state index contributed by atoms with van der Waals surface area (Å²) in [5, 5.41) is 8.48. The van der Waals surface area contributed by atoms with Crippen molar-refractivity contribution in [3.05, 3.63) is 185 Å². The Morgan fingerprint density at radius 1 is 0.652 bits per heavy atom. The van der Waals surface area contributed by atoms with Crippen LogP contribution in [0.4, 0.5) is 5.69 Å². The zero-order chi connectivity index (χ0) is 30.8.